The minimum atomic E-state index is -0.456. The van der Waals surface area contributed by atoms with Crippen LogP contribution in [0.4, 0.5) is 0 Å². The van der Waals surface area contributed by atoms with Gasteiger partial charge in [-0.05, 0) is 24.6 Å². The van der Waals surface area contributed by atoms with Crippen LogP contribution in [0.15, 0.2) is 23.2 Å². The number of aliphatic imine (C=N–C) groups is 1. The minimum absolute atomic E-state index is 0.213. The highest BCUT2D eigenvalue weighted by Crippen LogP contribution is 2.24. The maximum absolute atomic E-state index is 11.4. The lowest BCUT2D eigenvalue weighted by atomic mass is 9.94. The monoisotopic (exact) mass is 219 g/mol. The molecule has 1 aromatic carbocycles. The third-order valence-electron chi connectivity index (χ3n) is 2.72. The summed E-state index contributed by atoms with van der Waals surface area (Å²) in [5.74, 6) is -0.108. The van der Waals surface area contributed by atoms with Gasteiger partial charge in [0.15, 0.2) is 6.04 Å². The Bertz CT molecular complexity index is 465. The number of ether oxygens (including phenoxy) is 1. The predicted octanol–water partition coefficient (Wildman–Crippen LogP) is 1.30. The van der Waals surface area contributed by atoms with Crippen molar-refractivity contribution in [1.82, 2.24) is 0 Å². The lowest BCUT2D eigenvalue weighted by Crippen LogP contribution is -2.28. The van der Waals surface area contributed by atoms with Gasteiger partial charge in [-0.1, -0.05) is 6.07 Å². The lowest BCUT2D eigenvalue weighted by Gasteiger charge is -2.20. The highest BCUT2D eigenvalue weighted by atomic mass is 16.5. The molecule has 0 aromatic heterocycles. The van der Waals surface area contributed by atoms with Crippen LogP contribution in [0.1, 0.15) is 18.1 Å². The summed E-state index contributed by atoms with van der Waals surface area (Å²) in [5.41, 5.74) is 2.67. The molecular formula is C12H13NO3. The van der Waals surface area contributed by atoms with E-state index in [9.17, 15) is 9.90 Å². The molecule has 1 unspecified atom stereocenters. The number of fused-ring (bicyclic) bond motifs is 1. The highest BCUT2D eigenvalue weighted by Gasteiger charge is 2.25. The Morgan fingerprint density at radius 1 is 1.56 bits per heavy atom. The summed E-state index contributed by atoms with van der Waals surface area (Å²) >= 11 is 0. The van der Waals surface area contributed by atoms with E-state index < -0.39 is 6.04 Å². The minimum Gasteiger partial charge on any atom is -0.508 e. The lowest BCUT2D eigenvalue weighted by molar-refractivity contribution is -0.142. The number of aromatic hydroxyl groups is 1. The molecule has 0 aliphatic carbocycles. The van der Waals surface area contributed by atoms with Crippen molar-refractivity contribution in [3.63, 3.8) is 0 Å². The number of methoxy groups -OCH3 is 1. The highest BCUT2D eigenvalue weighted by molar-refractivity contribution is 6.03. The number of nitrogens with zero attached hydrogens (tertiary/aromatic N) is 1. The summed E-state index contributed by atoms with van der Waals surface area (Å²) in [6, 6.07) is 4.65. The van der Waals surface area contributed by atoms with Crippen LogP contribution in [-0.4, -0.2) is 29.9 Å². The Labute approximate surface area is 93.6 Å². The Kier molecular flexibility index (Phi) is 2.64. The van der Waals surface area contributed by atoms with E-state index in [1.807, 2.05) is 13.0 Å². The number of carbonyl (C=O) groups is 1. The zero-order valence-corrected chi connectivity index (χ0v) is 9.23. The summed E-state index contributed by atoms with van der Waals surface area (Å²) in [5, 5.41) is 9.38. The summed E-state index contributed by atoms with van der Waals surface area (Å²) in [7, 11) is 1.36. The van der Waals surface area contributed by atoms with E-state index in [0.717, 1.165) is 16.8 Å². The van der Waals surface area contributed by atoms with Crippen molar-refractivity contribution < 1.29 is 14.6 Å². The molecule has 1 heterocycles. The van der Waals surface area contributed by atoms with Gasteiger partial charge in [-0.2, -0.15) is 0 Å². The fourth-order valence-electron chi connectivity index (χ4n) is 1.91. The number of rotatable bonds is 1. The van der Waals surface area contributed by atoms with E-state index in [-0.39, 0.29) is 11.7 Å². The van der Waals surface area contributed by atoms with Crippen molar-refractivity contribution >= 4 is 11.7 Å². The van der Waals surface area contributed by atoms with Crippen LogP contribution >= 0.6 is 0 Å². The Morgan fingerprint density at radius 2 is 2.31 bits per heavy atom. The molecule has 84 valence electrons. The molecule has 0 amide bonds. The molecule has 0 bridgehead atoms. The van der Waals surface area contributed by atoms with Crippen molar-refractivity contribution in [3.8, 4) is 5.75 Å². The van der Waals surface area contributed by atoms with Crippen molar-refractivity contribution in [2.24, 2.45) is 4.99 Å². The van der Waals surface area contributed by atoms with Crippen molar-refractivity contribution in [2.75, 3.05) is 7.11 Å². The second-order valence-electron chi connectivity index (χ2n) is 3.80. The number of phenolic OH excluding ortho intramolecular Hbond substituents is 1. The predicted molar refractivity (Wildman–Crippen MR) is 59.8 cm³/mol. The zero-order valence-electron chi connectivity index (χ0n) is 9.23. The van der Waals surface area contributed by atoms with Gasteiger partial charge in [0.1, 0.15) is 5.75 Å². The number of carbonyl (C=O) groups excluding carboxylic acids is 1. The Balaban J connectivity index is 2.39. The van der Waals surface area contributed by atoms with E-state index in [1.54, 1.807) is 12.1 Å². The largest absolute Gasteiger partial charge is 0.508 e. The van der Waals surface area contributed by atoms with E-state index in [1.165, 1.54) is 7.11 Å². The van der Waals surface area contributed by atoms with Gasteiger partial charge in [-0.3, -0.25) is 4.99 Å². The number of esters is 1. The van der Waals surface area contributed by atoms with E-state index >= 15 is 0 Å². The van der Waals surface area contributed by atoms with Crippen molar-refractivity contribution in [2.45, 2.75) is 19.4 Å². The summed E-state index contributed by atoms with van der Waals surface area (Å²) in [6.07, 6.45) is 0.527. The molecule has 1 atom stereocenters. The van der Waals surface area contributed by atoms with Crippen LogP contribution in [-0.2, 0) is 16.0 Å². The van der Waals surface area contributed by atoms with Gasteiger partial charge in [0.25, 0.3) is 0 Å². The average molecular weight is 219 g/mol. The van der Waals surface area contributed by atoms with Gasteiger partial charge in [-0.15, -0.1) is 0 Å². The third kappa shape index (κ3) is 1.78. The molecule has 1 aliphatic rings. The second-order valence-corrected chi connectivity index (χ2v) is 3.80. The maximum Gasteiger partial charge on any atom is 0.330 e. The normalized spacial score (nSPS) is 18.6. The topological polar surface area (TPSA) is 58.9 Å². The first-order valence-corrected chi connectivity index (χ1v) is 5.06. The van der Waals surface area contributed by atoms with Crippen LogP contribution in [0.3, 0.4) is 0 Å². The van der Waals surface area contributed by atoms with Gasteiger partial charge < -0.3 is 9.84 Å². The fraction of sp³-hybridized carbons (Fsp3) is 0.333. The Hall–Kier alpha value is -1.84. The third-order valence-corrected chi connectivity index (χ3v) is 2.72. The van der Waals surface area contributed by atoms with Crippen LogP contribution in [0.5, 0.6) is 5.75 Å². The van der Waals surface area contributed by atoms with Gasteiger partial charge in [0.2, 0.25) is 0 Å². The summed E-state index contributed by atoms with van der Waals surface area (Å²) in [6.45, 7) is 1.83. The van der Waals surface area contributed by atoms with Crippen LogP contribution in [0, 0.1) is 0 Å². The van der Waals surface area contributed by atoms with Gasteiger partial charge in [-0.25, -0.2) is 4.79 Å². The number of phenols is 1. The van der Waals surface area contributed by atoms with Crippen LogP contribution in [0.2, 0.25) is 0 Å². The molecule has 0 spiro atoms. The van der Waals surface area contributed by atoms with Gasteiger partial charge in [0, 0.05) is 17.7 Å². The van der Waals surface area contributed by atoms with E-state index in [0.29, 0.717) is 6.42 Å². The average Bonchev–Trinajstić information content (AvgIpc) is 2.28. The maximum atomic E-state index is 11.4. The molecule has 1 aliphatic heterocycles. The molecule has 0 fully saturated rings. The summed E-state index contributed by atoms with van der Waals surface area (Å²) < 4.78 is 4.68. The van der Waals surface area contributed by atoms with Crippen LogP contribution < -0.4 is 0 Å². The molecule has 16 heavy (non-hydrogen) atoms. The van der Waals surface area contributed by atoms with E-state index in [4.69, 9.17) is 0 Å². The SMILES string of the molecule is COC(=O)C1Cc2ccc(O)cc2C(C)=N1. The first-order valence-electron chi connectivity index (χ1n) is 5.06. The fourth-order valence-corrected chi connectivity index (χ4v) is 1.91. The van der Waals surface area contributed by atoms with Crippen molar-refractivity contribution in [1.29, 1.82) is 0 Å². The zero-order chi connectivity index (χ0) is 11.7. The molecule has 4 nitrogen and oxygen atoms in total. The standard InChI is InChI=1S/C12H13NO3/c1-7-10-6-9(14)4-3-8(10)5-11(13-7)12(15)16-2/h3-4,6,11,14H,5H2,1-2H3. The molecule has 2 rings (SSSR count). The number of hydrogen-bond donors (Lipinski definition) is 1. The van der Waals surface area contributed by atoms with Crippen molar-refractivity contribution in [3.05, 3.63) is 29.3 Å². The molecule has 1 N–H and O–H groups in total. The Morgan fingerprint density at radius 3 is 3.00 bits per heavy atom. The smallest absolute Gasteiger partial charge is 0.330 e. The van der Waals surface area contributed by atoms with Gasteiger partial charge in [0.05, 0.1) is 7.11 Å². The van der Waals surface area contributed by atoms with Gasteiger partial charge >= 0.3 is 5.97 Å². The van der Waals surface area contributed by atoms with E-state index in [2.05, 4.69) is 9.73 Å². The molecule has 4 heteroatoms. The number of hydrogen-bond acceptors (Lipinski definition) is 4. The first-order chi connectivity index (χ1) is 7.61. The molecular weight excluding hydrogens is 206 g/mol. The molecule has 1 aromatic rings. The second kappa shape index (κ2) is 3.96. The molecule has 0 saturated heterocycles. The molecule has 0 saturated carbocycles. The molecule has 0 radical (unpaired) electrons. The first kappa shape index (κ1) is 10.7. The quantitative estimate of drug-likeness (QED) is 0.724. The van der Waals surface area contributed by atoms with Crippen LogP contribution in [0.25, 0.3) is 0 Å². The number of benzene rings is 1. The summed E-state index contributed by atoms with van der Waals surface area (Å²) in [4.78, 5) is 15.7.